The van der Waals surface area contributed by atoms with Crippen molar-refractivity contribution < 1.29 is 29.2 Å². The van der Waals surface area contributed by atoms with Crippen LogP contribution < -0.4 is 0 Å². The quantitative estimate of drug-likeness (QED) is 0.0782. The molecule has 3 heterocycles. The van der Waals surface area contributed by atoms with Gasteiger partial charge in [-0.05, 0) is 70.3 Å². The van der Waals surface area contributed by atoms with Gasteiger partial charge in [-0.25, -0.2) is 4.79 Å². The molecular weight excluding hydrogens is 552 g/mol. The molecule has 2 N–H and O–H groups in total. The smallest absolute Gasteiger partial charge is 0.334 e. The summed E-state index contributed by atoms with van der Waals surface area (Å²) in [4.78, 5) is 11.7. The zero-order chi connectivity index (χ0) is 31.6. The number of hydrogen-bond donors (Lipinski definition) is 2. The molecule has 8 atom stereocenters. The van der Waals surface area contributed by atoms with Crippen LogP contribution in [-0.4, -0.2) is 58.9 Å². The number of rotatable bonds is 25. The molecule has 0 saturated carbocycles. The molecule has 0 bridgehead atoms. The normalized spacial score (nSPS) is 27.4. The number of aliphatic hydroxyl groups is 2. The van der Waals surface area contributed by atoms with Crippen LogP contribution in [0.25, 0.3) is 0 Å². The van der Waals surface area contributed by atoms with Gasteiger partial charge in [-0.1, -0.05) is 117 Å². The predicted octanol–water partition coefficient (Wildman–Crippen LogP) is 9.13. The third-order valence-electron chi connectivity index (χ3n) is 10.4. The molecule has 2 saturated heterocycles. The third-order valence-corrected chi connectivity index (χ3v) is 10.4. The van der Waals surface area contributed by atoms with Crippen LogP contribution in [0.5, 0.6) is 0 Å². The first-order valence-electron chi connectivity index (χ1n) is 19.0. The van der Waals surface area contributed by atoms with Gasteiger partial charge in [0, 0.05) is 5.57 Å². The van der Waals surface area contributed by atoms with E-state index in [1.54, 1.807) is 0 Å². The average molecular weight is 621 g/mol. The van der Waals surface area contributed by atoms with Crippen molar-refractivity contribution in [3.05, 3.63) is 11.6 Å². The summed E-state index contributed by atoms with van der Waals surface area (Å²) in [5, 5.41) is 21.5. The van der Waals surface area contributed by atoms with Crippen LogP contribution in [0, 0.1) is 5.92 Å². The lowest BCUT2D eigenvalue weighted by Gasteiger charge is -2.24. The van der Waals surface area contributed by atoms with Gasteiger partial charge in [-0.15, -0.1) is 0 Å². The van der Waals surface area contributed by atoms with E-state index in [0.29, 0.717) is 5.92 Å². The first kappa shape index (κ1) is 37.5. The minimum absolute atomic E-state index is 0.0496. The number of carbonyl (C=O) groups excluding carboxylic acids is 1. The highest BCUT2D eigenvalue weighted by Crippen LogP contribution is 2.34. The predicted molar refractivity (Wildman–Crippen MR) is 179 cm³/mol. The van der Waals surface area contributed by atoms with Crippen molar-refractivity contribution in [3.63, 3.8) is 0 Å². The van der Waals surface area contributed by atoms with Crippen LogP contribution >= 0.6 is 0 Å². The van der Waals surface area contributed by atoms with Crippen LogP contribution in [0.2, 0.25) is 0 Å². The molecule has 256 valence electrons. The molecular formula is C38H68O6. The minimum Gasteiger partial charge on any atom is -0.455 e. The molecule has 6 heteroatoms. The summed E-state index contributed by atoms with van der Waals surface area (Å²) in [6, 6.07) is 0. The highest BCUT2D eigenvalue weighted by Gasteiger charge is 2.40. The van der Waals surface area contributed by atoms with Crippen LogP contribution in [0.3, 0.4) is 0 Å². The topological polar surface area (TPSA) is 85.2 Å². The molecule has 3 aliphatic rings. The van der Waals surface area contributed by atoms with E-state index < -0.39 is 0 Å². The summed E-state index contributed by atoms with van der Waals surface area (Å²) in [6.45, 7) is 6.48. The zero-order valence-corrected chi connectivity index (χ0v) is 28.7. The molecule has 2 fully saturated rings. The summed E-state index contributed by atoms with van der Waals surface area (Å²) in [6.07, 6.45) is 28.6. The maximum Gasteiger partial charge on any atom is 0.334 e. The lowest BCUT2D eigenvalue weighted by Crippen LogP contribution is -2.33. The van der Waals surface area contributed by atoms with E-state index in [1.807, 2.05) is 13.0 Å². The van der Waals surface area contributed by atoms with Gasteiger partial charge in [-0.2, -0.15) is 0 Å². The number of aliphatic hydroxyl groups excluding tert-OH is 2. The van der Waals surface area contributed by atoms with Crippen molar-refractivity contribution in [2.45, 2.75) is 218 Å². The summed E-state index contributed by atoms with van der Waals surface area (Å²) in [5.74, 6) is 0.529. The van der Waals surface area contributed by atoms with Crippen LogP contribution in [0.4, 0.5) is 0 Å². The van der Waals surface area contributed by atoms with Gasteiger partial charge in [0.2, 0.25) is 0 Å². The summed E-state index contributed by atoms with van der Waals surface area (Å²) in [7, 11) is 0. The molecule has 3 aliphatic heterocycles. The Bertz CT molecular complexity index is 798. The van der Waals surface area contributed by atoms with Crippen LogP contribution in [0.15, 0.2) is 11.6 Å². The first-order valence-corrected chi connectivity index (χ1v) is 19.0. The summed E-state index contributed by atoms with van der Waals surface area (Å²) < 4.78 is 17.8. The summed E-state index contributed by atoms with van der Waals surface area (Å²) in [5.41, 5.74) is 0.866. The van der Waals surface area contributed by atoms with Gasteiger partial charge in [-0.3, -0.25) is 0 Å². The van der Waals surface area contributed by atoms with E-state index in [-0.39, 0.29) is 48.7 Å². The standard InChI is InChI=1S/C38H68O6/c1-4-5-6-7-8-11-14-17-20-32(39)34-24-26-36(43-34)37-27-25-35(44-37)33(40)21-18-15-12-9-10-13-16-19-29(2)22-23-31-28-30(3)42-38(31)41/h28-30,32-37,39-40H,4-27H2,1-3H3/t29-,30+,32-,33-,34-,35-,36-,37-/m1/s1. The lowest BCUT2D eigenvalue weighted by atomic mass is 9.95. The molecule has 44 heavy (non-hydrogen) atoms. The van der Waals surface area contributed by atoms with Crippen molar-refractivity contribution in [1.82, 2.24) is 0 Å². The van der Waals surface area contributed by atoms with Gasteiger partial charge >= 0.3 is 5.97 Å². The van der Waals surface area contributed by atoms with E-state index >= 15 is 0 Å². The Morgan fingerprint density at radius 3 is 1.59 bits per heavy atom. The zero-order valence-electron chi connectivity index (χ0n) is 28.7. The van der Waals surface area contributed by atoms with E-state index in [1.165, 1.54) is 89.9 Å². The number of hydrogen-bond acceptors (Lipinski definition) is 6. The maximum atomic E-state index is 11.7. The molecule has 0 aliphatic carbocycles. The molecule has 0 aromatic carbocycles. The number of carbonyl (C=O) groups is 1. The van der Waals surface area contributed by atoms with E-state index in [0.717, 1.165) is 69.8 Å². The highest BCUT2D eigenvalue weighted by molar-refractivity contribution is 5.90. The van der Waals surface area contributed by atoms with Crippen molar-refractivity contribution in [2.75, 3.05) is 0 Å². The Kier molecular flexibility index (Phi) is 18.6. The van der Waals surface area contributed by atoms with Crippen LogP contribution in [-0.2, 0) is 19.0 Å². The van der Waals surface area contributed by atoms with Crippen molar-refractivity contribution >= 4 is 5.97 Å². The number of unbranched alkanes of at least 4 members (excludes halogenated alkanes) is 13. The van der Waals surface area contributed by atoms with Crippen molar-refractivity contribution in [2.24, 2.45) is 5.92 Å². The van der Waals surface area contributed by atoms with Crippen LogP contribution in [0.1, 0.15) is 175 Å². The van der Waals surface area contributed by atoms with Gasteiger partial charge in [0.25, 0.3) is 0 Å². The lowest BCUT2D eigenvalue weighted by molar-refractivity contribution is -0.139. The monoisotopic (exact) mass is 621 g/mol. The van der Waals surface area contributed by atoms with Crippen molar-refractivity contribution in [1.29, 1.82) is 0 Å². The molecule has 6 nitrogen and oxygen atoms in total. The van der Waals surface area contributed by atoms with Gasteiger partial charge in [0.15, 0.2) is 0 Å². The molecule has 0 spiro atoms. The summed E-state index contributed by atoms with van der Waals surface area (Å²) >= 11 is 0. The number of ether oxygens (including phenoxy) is 3. The third kappa shape index (κ3) is 14.2. The fourth-order valence-electron chi connectivity index (χ4n) is 7.44. The Balaban J connectivity index is 1.13. The number of esters is 1. The Hall–Kier alpha value is -0.950. The first-order chi connectivity index (χ1) is 21.4. The molecule has 0 radical (unpaired) electrons. The Labute approximate surface area is 270 Å². The minimum atomic E-state index is -0.378. The fourth-order valence-corrected chi connectivity index (χ4v) is 7.44. The molecule has 0 unspecified atom stereocenters. The van der Waals surface area contributed by atoms with Gasteiger partial charge < -0.3 is 24.4 Å². The van der Waals surface area contributed by atoms with E-state index in [4.69, 9.17) is 14.2 Å². The average Bonchev–Trinajstić information content (AvgIpc) is 3.76. The Morgan fingerprint density at radius 1 is 0.682 bits per heavy atom. The SMILES string of the molecule is CCCCCCCCCC[C@@H](O)[C@H]1CC[C@H]([C@H]2CC[C@H]([C@H](O)CCCCCCCCC[C@@H](C)CCC3=C[C@H](C)OC3=O)O2)O1. The molecule has 0 aromatic heterocycles. The van der Waals surface area contributed by atoms with Crippen molar-refractivity contribution in [3.8, 4) is 0 Å². The second kappa shape index (κ2) is 21.8. The van der Waals surface area contributed by atoms with E-state index in [2.05, 4.69) is 13.8 Å². The fraction of sp³-hybridized carbons (Fsp3) is 0.921. The number of cyclic esters (lactones) is 1. The largest absolute Gasteiger partial charge is 0.455 e. The Morgan fingerprint density at radius 2 is 1.14 bits per heavy atom. The molecule has 3 rings (SSSR count). The highest BCUT2D eigenvalue weighted by atomic mass is 16.6. The second-order valence-corrected chi connectivity index (χ2v) is 14.5. The molecule has 0 aromatic rings. The van der Waals surface area contributed by atoms with Gasteiger partial charge in [0.05, 0.1) is 36.6 Å². The maximum absolute atomic E-state index is 11.7. The molecule has 0 amide bonds. The van der Waals surface area contributed by atoms with Gasteiger partial charge in [0.1, 0.15) is 6.10 Å². The second-order valence-electron chi connectivity index (χ2n) is 14.5. The van der Waals surface area contributed by atoms with E-state index in [9.17, 15) is 15.0 Å².